The summed E-state index contributed by atoms with van der Waals surface area (Å²) in [4.78, 5) is 4.48. The Morgan fingerprint density at radius 2 is 2.55 bits per heavy atom. The second-order valence-electron chi connectivity index (χ2n) is 2.35. The van der Waals surface area contributed by atoms with E-state index in [0.717, 1.165) is 11.8 Å². The maximum absolute atomic E-state index is 4.48. The minimum Gasteiger partial charge on any atom is -0.272 e. The summed E-state index contributed by atoms with van der Waals surface area (Å²) in [6.07, 6.45) is 1.17. The van der Waals surface area contributed by atoms with Gasteiger partial charge in [-0.1, -0.05) is 53.0 Å². The minimum atomic E-state index is 0.816. The van der Waals surface area contributed by atoms with E-state index in [1.807, 2.05) is 23.5 Å². The molecule has 1 atom stereocenters. The van der Waals surface area contributed by atoms with Crippen LogP contribution in [0.5, 0.6) is 0 Å². The topological polar surface area (TPSA) is 12.4 Å². The molecular weight excluding hydrogens is 289 g/mol. The molecule has 0 spiro atoms. The van der Waals surface area contributed by atoms with Crippen molar-refractivity contribution in [1.29, 1.82) is 0 Å². The van der Waals surface area contributed by atoms with Crippen LogP contribution in [0.1, 0.15) is 13.3 Å². The second kappa shape index (κ2) is 5.70. The molecule has 0 radical (unpaired) electrons. The molecule has 64 valence electrons. The van der Waals surface area contributed by atoms with E-state index in [4.69, 9.17) is 0 Å². The van der Waals surface area contributed by atoms with Crippen molar-refractivity contribution in [2.75, 3.05) is 16.7 Å². The van der Waals surface area contributed by atoms with E-state index in [2.05, 4.69) is 34.5 Å². The van der Waals surface area contributed by atoms with Crippen LogP contribution in [0.3, 0.4) is 0 Å². The van der Waals surface area contributed by atoms with Gasteiger partial charge in [-0.25, -0.2) is 0 Å². The Morgan fingerprint density at radius 1 is 1.73 bits per heavy atom. The maximum Gasteiger partial charge on any atom is 0.124 e. The van der Waals surface area contributed by atoms with E-state index < -0.39 is 0 Å². The maximum atomic E-state index is 4.48. The van der Waals surface area contributed by atoms with Gasteiger partial charge in [0.15, 0.2) is 0 Å². The molecule has 0 saturated carbocycles. The van der Waals surface area contributed by atoms with Crippen LogP contribution < -0.4 is 0 Å². The molecule has 0 aromatic rings. The largest absolute Gasteiger partial charge is 0.272 e. The molecule has 11 heavy (non-hydrogen) atoms. The van der Waals surface area contributed by atoms with Crippen LogP contribution in [0.2, 0.25) is 0 Å². The van der Waals surface area contributed by atoms with Crippen molar-refractivity contribution in [3.05, 3.63) is 0 Å². The zero-order chi connectivity index (χ0) is 8.10. The van der Waals surface area contributed by atoms with Gasteiger partial charge in [0.2, 0.25) is 0 Å². The number of rotatable bonds is 3. The molecule has 1 nitrogen and oxygen atoms in total. The zero-order valence-electron chi connectivity index (χ0n) is 6.55. The van der Waals surface area contributed by atoms with Crippen molar-refractivity contribution < 1.29 is 0 Å². The van der Waals surface area contributed by atoms with Crippen LogP contribution in [0.15, 0.2) is 4.99 Å². The lowest BCUT2D eigenvalue weighted by Crippen LogP contribution is -2.00. The molecule has 0 aromatic carbocycles. The number of nitrogens with zero attached hydrogens (tertiary/aromatic N) is 1. The van der Waals surface area contributed by atoms with Gasteiger partial charge in [0, 0.05) is 22.0 Å². The van der Waals surface area contributed by atoms with E-state index >= 15 is 0 Å². The highest BCUT2D eigenvalue weighted by molar-refractivity contribution is 14.1. The number of hydrogen-bond acceptors (Lipinski definition) is 3. The van der Waals surface area contributed by atoms with Gasteiger partial charge in [-0.15, -0.1) is 0 Å². The molecule has 1 aliphatic heterocycles. The first-order chi connectivity index (χ1) is 5.36. The van der Waals surface area contributed by atoms with Crippen LogP contribution in [-0.4, -0.2) is 26.4 Å². The molecule has 1 fully saturated rings. The lowest BCUT2D eigenvalue weighted by Gasteiger charge is -1.97. The lowest BCUT2D eigenvalue weighted by atomic mass is 10.5. The molecule has 1 unspecified atom stereocenters. The molecule has 0 bridgehead atoms. The van der Waals surface area contributed by atoms with Gasteiger partial charge in [-0.2, -0.15) is 0 Å². The van der Waals surface area contributed by atoms with Gasteiger partial charge in [0.25, 0.3) is 0 Å². The molecule has 4 heteroatoms. The third-order valence-corrected chi connectivity index (χ3v) is 5.75. The predicted molar refractivity (Wildman–Crippen MR) is 65.3 cm³/mol. The quantitative estimate of drug-likeness (QED) is 0.587. The summed E-state index contributed by atoms with van der Waals surface area (Å²) in [6, 6.07) is 0. The average molecular weight is 301 g/mol. The Balaban J connectivity index is 2.28. The van der Waals surface area contributed by atoms with E-state index in [1.54, 1.807) is 0 Å². The van der Waals surface area contributed by atoms with Crippen LogP contribution in [0.25, 0.3) is 0 Å². The summed E-state index contributed by atoms with van der Waals surface area (Å²) < 4.78 is 2.56. The van der Waals surface area contributed by atoms with Crippen molar-refractivity contribution in [3.8, 4) is 0 Å². The molecule has 0 aliphatic carbocycles. The van der Waals surface area contributed by atoms with Gasteiger partial charge in [0.05, 0.1) is 0 Å². The fraction of sp³-hybridized carbons (Fsp3) is 0.857. The number of thioether (sulfide) groups is 2. The Hall–Kier alpha value is 1.10. The van der Waals surface area contributed by atoms with Crippen molar-refractivity contribution in [1.82, 2.24) is 0 Å². The van der Waals surface area contributed by atoms with Gasteiger partial charge in [0.1, 0.15) is 4.38 Å². The monoisotopic (exact) mass is 301 g/mol. The van der Waals surface area contributed by atoms with Gasteiger partial charge < -0.3 is 0 Å². The van der Waals surface area contributed by atoms with Crippen LogP contribution >= 0.6 is 46.1 Å². The fourth-order valence-electron chi connectivity index (χ4n) is 0.737. The molecule has 1 rings (SSSR count). The summed E-state index contributed by atoms with van der Waals surface area (Å²) in [5, 5.41) is 0.816. The third-order valence-electron chi connectivity index (χ3n) is 1.30. The van der Waals surface area contributed by atoms with Gasteiger partial charge >= 0.3 is 0 Å². The highest BCUT2D eigenvalue weighted by atomic mass is 127. The first kappa shape index (κ1) is 10.2. The summed E-state index contributed by atoms with van der Waals surface area (Å²) in [5.74, 6) is 1.26. The molecule has 1 aliphatic rings. The molecule has 0 N–H and O–H groups in total. The van der Waals surface area contributed by atoms with Gasteiger partial charge in [-0.3, -0.25) is 4.99 Å². The zero-order valence-corrected chi connectivity index (χ0v) is 10.3. The fourth-order valence-corrected chi connectivity index (χ4v) is 4.51. The average Bonchev–Trinajstić information content (AvgIpc) is 2.48. The third kappa shape index (κ3) is 3.55. The van der Waals surface area contributed by atoms with E-state index in [-0.39, 0.29) is 0 Å². The SMILES string of the molecule is CCCN=C1SCC(CI)S1. The molecular formula is C7H12INS2. The van der Waals surface area contributed by atoms with Crippen molar-refractivity contribution >= 4 is 50.5 Å². The van der Waals surface area contributed by atoms with Crippen molar-refractivity contribution in [2.24, 2.45) is 4.99 Å². The van der Waals surface area contributed by atoms with Crippen LogP contribution in [-0.2, 0) is 0 Å². The van der Waals surface area contributed by atoms with E-state index in [0.29, 0.717) is 0 Å². The molecule has 0 amide bonds. The summed E-state index contributed by atoms with van der Waals surface area (Å²) >= 11 is 6.33. The van der Waals surface area contributed by atoms with Crippen LogP contribution in [0, 0.1) is 0 Å². The van der Waals surface area contributed by atoms with Crippen molar-refractivity contribution in [3.63, 3.8) is 0 Å². The smallest absolute Gasteiger partial charge is 0.124 e. The van der Waals surface area contributed by atoms with Crippen molar-refractivity contribution in [2.45, 2.75) is 18.6 Å². The summed E-state index contributed by atoms with van der Waals surface area (Å²) in [7, 11) is 0. The van der Waals surface area contributed by atoms with Crippen LogP contribution in [0.4, 0.5) is 0 Å². The highest BCUT2D eigenvalue weighted by Gasteiger charge is 2.20. The Kier molecular flexibility index (Phi) is 5.27. The standard InChI is InChI=1S/C7H12INS2/c1-2-3-9-7-10-5-6(4-8)11-7/h6H,2-5H2,1H3. The Labute approximate surface area is 90.3 Å². The lowest BCUT2D eigenvalue weighted by molar-refractivity contribution is 0.938. The Bertz CT molecular complexity index is 149. The second-order valence-corrected chi connectivity index (χ2v) is 5.79. The predicted octanol–water partition coefficient (Wildman–Crippen LogP) is 3.04. The molecule has 1 saturated heterocycles. The summed E-state index contributed by atoms with van der Waals surface area (Å²) in [6.45, 7) is 3.17. The summed E-state index contributed by atoms with van der Waals surface area (Å²) in [5.41, 5.74) is 0. The first-order valence-corrected chi connectivity index (χ1v) is 7.15. The molecule has 0 aromatic heterocycles. The number of aliphatic imine (C=N–C) groups is 1. The minimum absolute atomic E-state index is 0.816. The number of hydrogen-bond donors (Lipinski definition) is 0. The van der Waals surface area contributed by atoms with Gasteiger partial charge in [-0.05, 0) is 6.42 Å². The normalized spacial score (nSPS) is 28.2. The highest BCUT2D eigenvalue weighted by Crippen LogP contribution is 2.33. The molecule has 1 heterocycles. The number of alkyl halides is 1. The van der Waals surface area contributed by atoms with E-state index in [1.165, 1.54) is 21.0 Å². The Morgan fingerprint density at radius 3 is 3.09 bits per heavy atom. The number of halogens is 1. The van der Waals surface area contributed by atoms with E-state index in [9.17, 15) is 0 Å². The first-order valence-electron chi connectivity index (χ1n) is 3.76.